The smallest absolute Gasteiger partial charge is 0.170 e. The number of hydrogen-bond acceptors (Lipinski definition) is 3. The molecule has 0 unspecified atom stereocenters. The van der Waals surface area contributed by atoms with E-state index in [4.69, 9.17) is 4.74 Å². The molecule has 1 aromatic rings. The summed E-state index contributed by atoms with van der Waals surface area (Å²) in [6, 6.07) is 7.74. The number of carbonyl (C=O) groups excluding carboxylic acids is 1. The topological polar surface area (TPSA) is 46.5 Å². The van der Waals surface area contributed by atoms with Crippen LogP contribution in [-0.2, 0) is 16.0 Å². The fraction of sp³-hybridized carbons (Fsp3) is 0.533. The minimum absolute atomic E-state index is 0.00338. The predicted octanol–water partition coefficient (Wildman–Crippen LogP) is 2.28. The third kappa shape index (κ3) is 4.59. The van der Waals surface area contributed by atoms with Crippen molar-refractivity contribution in [1.29, 1.82) is 0 Å². The largest absolute Gasteiger partial charge is 0.380 e. The number of rotatable bonds is 6. The lowest BCUT2D eigenvalue weighted by atomic mass is 9.95. The fourth-order valence-electron chi connectivity index (χ4n) is 1.49. The van der Waals surface area contributed by atoms with Crippen LogP contribution in [0.15, 0.2) is 24.3 Å². The van der Waals surface area contributed by atoms with Gasteiger partial charge >= 0.3 is 0 Å². The van der Waals surface area contributed by atoms with Gasteiger partial charge in [0.15, 0.2) is 5.78 Å². The van der Waals surface area contributed by atoms with Gasteiger partial charge in [0.25, 0.3) is 0 Å². The summed E-state index contributed by atoms with van der Waals surface area (Å²) in [5.41, 5.74) is 0.645. The normalized spacial score (nSPS) is 14.6. The summed E-state index contributed by atoms with van der Waals surface area (Å²) in [6.45, 7) is 7.29. The van der Waals surface area contributed by atoms with Crippen LogP contribution in [0.2, 0.25) is 0 Å². The Kier molecular flexibility index (Phi) is 5.05. The SMILES string of the molecule is Cc1ccc(CC(=O)[C@@](C)(O)COC(C)C)cc1. The Balaban J connectivity index is 2.60. The Labute approximate surface area is 109 Å². The third-order valence-electron chi connectivity index (χ3n) is 2.78. The molecular weight excluding hydrogens is 228 g/mol. The molecule has 3 heteroatoms. The number of benzene rings is 1. The zero-order chi connectivity index (χ0) is 13.8. The van der Waals surface area contributed by atoms with Crippen molar-refractivity contribution in [2.45, 2.75) is 45.8 Å². The van der Waals surface area contributed by atoms with Crippen LogP contribution in [0.4, 0.5) is 0 Å². The predicted molar refractivity (Wildman–Crippen MR) is 71.6 cm³/mol. The van der Waals surface area contributed by atoms with Gasteiger partial charge in [-0.05, 0) is 33.3 Å². The van der Waals surface area contributed by atoms with Crippen LogP contribution in [0, 0.1) is 6.92 Å². The van der Waals surface area contributed by atoms with Gasteiger partial charge in [0.1, 0.15) is 5.60 Å². The van der Waals surface area contributed by atoms with E-state index >= 15 is 0 Å². The fourth-order valence-corrected chi connectivity index (χ4v) is 1.49. The van der Waals surface area contributed by atoms with E-state index in [1.165, 1.54) is 6.92 Å². The second-order valence-electron chi connectivity index (χ2n) is 5.22. The molecule has 0 saturated heterocycles. The van der Waals surface area contributed by atoms with E-state index in [2.05, 4.69) is 0 Å². The van der Waals surface area contributed by atoms with Gasteiger partial charge in [-0.25, -0.2) is 0 Å². The van der Waals surface area contributed by atoms with Gasteiger partial charge in [0, 0.05) is 6.42 Å². The van der Waals surface area contributed by atoms with Crippen molar-refractivity contribution in [3.8, 4) is 0 Å². The Bertz CT molecular complexity index is 391. The van der Waals surface area contributed by atoms with Crippen LogP contribution in [0.25, 0.3) is 0 Å². The van der Waals surface area contributed by atoms with Gasteiger partial charge in [0.2, 0.25) is 0 Å². The summed E-state index contributed by atoms with van der Waals surface area (Å²) in [5, 5.41) is 10.1. The van der Waals surface area contributed by atoms with Gasteiger partial charge < -0.3 is 9.84 Å². The molecule has 18 heavy (non-hydrogen) atoms. The maximum Gasteiger partial charge on any atom is 0.170 e. The van der Waals surface area contributed by atoms with Crippen LogP contribution in [0.3, 0.4) is 0 Å². The first-order chi connectivity index (χ1) is 8.31. The Morgan fingerprint density at radius 3 is 2.39 bits per heavy atom. The molecule has 1 atom stereocenters. The van der Waals surface area contributed by atoms with Crippen LogP contribution < -0.4 is 0 Å². The number of hydrogen-bond donors (Lipinski definition) is 1. The number of aliphatic hydroxyl groups is 1. The molecule has 0 amide bonds. The van der Waals surface area contributed by atoms with Crippen molar-refractivity contribution in [1.82, 2.24) is 0 Å². The zero-order valence-electron chi connectivity index (χ0n) is 11.6. The van der Waals surface area contributed by atoms with Gasteiger partial charge in [-0.1, -0.05) is 29.8 Å². The molecule has 1 aromatic carbocycles. The van der Waals surface area contributed by atoms with E-state index in [0.29, 0.717) is 0 Å². The molecule has 0 radical (unpaired) electrons. The monoisotopic (exact) mass is 250 g/mol. The van der Waals surface area contributed by atoms with Gasteiger partial charge in [-0.2, -0.15) is 0 Å². The zero-order valence-corrected chi connectivity index (χ0v) is 11.6. The maximum atomic E-state index is 12.0. The molecule has 0 bridgehead atoms. The van der Waals surface area contributed by atoms with E-state index in [0.717, 1.165) is 11.1 Å². The molecule has 0 heterocycles. The van der Waals surface area contributed by atoms with E-state index < -0.39 is 5.60 Å². The number of aryl methyl sites for hydroxylation is 1. The summed E-state index contributed by atoms with van der Waals surface area (Å²) in [6.07, 6.45) is 0.234. The Hall–Kier alpha value is -1.19. The first-order valence-corrected chi connectivity index (χ1v) is 6.24. The average molecular weight is 250 g/mol. The second-order valence-corrected chi connectivity index (χ2v) is 5.22. The first-order valence-electron chi connectivity index (χ1n) is 6.24. The molecule has 0 aliphatic carbocycles. The highest BCUT2D eigenvalue weighted by atomic mass is 16.5. The summed E-state index contributed by atoms with van der Waals surface area (Å²) < 4.78 is 5.31. The molecule has 0 saturated carbocycles. The highest BCUT2D eigenvalue weighted by molar-refractivity contribution is 5.88. The highest BCUT2D eigenvalue weighted by Gasteiger charge is 2.30. The van der Waals surface area contributed by atoms with Gasteiger partial charge in [-0.15, -0.1) is 0 Å². The van der Waals surface area contributed by atoms with Gasteiger partial charge in [0.05, 0.1) is 12.7 Å². The average Bonchev–Trinajstić information content (AvgIpc) is 2.29. The summed E-state index contributed by atoms with van der Waals surface area (Å²) in [7, 11) is 0. The van der Waals surface area contributed by atoms with Crippen LogP contribution in [-0.4, -0.2) is 29.2 Å². The number of ether oxygens (including phenoxy) is 1. The molecule has 0 spiro atoms. The quantitative estimate of drug-likeness (QED) is 0.842. The number of ketones is 1. The standard InChI is InChI=1S/C15H22O3/c1-11(2)18-10-15(4,17)14(16)9-13-7-5-12(3)6-8-13/h5-8,11,17H,9-10H2,1-4H3/t15-/m0/s1. The lowest BCUT2D eigenvalue weighted by Gasteiger charge is -2.23. The third-order valence-corrected chi connectivity index (χ3v) is 2.78. The first kappa shape index (κ1) is 14.9. The van der Waals surface area contributed by atoms with E-state index in [9.17, 15) is 9.90 Å². The van der Waals surface area contributed by atoms with E-state index in [1.54, 1.807) is 0 Å². The Morgan fingerprint density at radius 2 is 1.89 bits per heavy atom. The number of carbonyl (C=O) groups is 1. The van der Waals surface area contributed by atoms with Gasteiger partial charge in [-0.3, -0.25) is 4.79 Å². The molecule has 0 fully saturated rings. The van der Waals surface area contributed by atoms with Crippen molar-refractivity contribution >= 4 is 5.78 Å². The van der Waals surface area contributed by atoms with Crippen molar-refractivity contribution in [2.75, 3.05) is 6.61 Å². The second kappa shape index (κ2) is 6.12. The molecule has 0 aliphatic heterocycles. The van der Waals surface area contributed by atoms with E-state index in [-0.39, 0.29) is 24.9 Å². The molecule has 0 aliphatic rings. The van der Waals surface area contributed by atoms with Crippen LogP contribution in [0.1, 0.15) is 31.9 Å². The lowest BCUT2D eigenvalue weighted by molar-refractivity contribution is -0.142. The van der Waals surface area contributed by atoms with Crippen LogP contribution >= 0.6 is 0 Å². The van der Waals surface area contributed by atoms with Crippen molar-refractivity contribution in [2.24, 2.45) is 0 Å². The van der Waals surface area contributed by atoms with Crippen LogP contribution in [0.5, 0.6) is 0 Å². The molecule has 1 rings (SSSR count). The molecule has 0 aromatic heterocycles. The van der Waals surface area contributed by atoms with Crippen molar-refractivity contribution in [3.05, 3.63) is 35.4 Å². The highest BCUT2D eigenvalue weighted by Crippen LogP contribution is 2.13. The molecular formula is C15H22O3. The van der Waals surface area contributed by atoms with E-state index in [1.807, 2.05) is 45.0 Å². The maximum absolute atomic E-state index is 12.0. The molecule has 1 N–H and O–H groups in total. The summed E-state index contributed by atoms with van der Waals surface area (Å²) >= 11 is 0. The Morgan fingerprint density at radius 1 is 1.33 bits per heavy atom. The molecule has 100 valence electrons. The lowest BCUT2D eigenvalue weighted by Crippen LogP contribution is -2.41. The molecule has 3 nitrogen and oxygen atoms in total. The van der Waals surface area contributed by atoms with Crippen molar-refractivity contribution in [3.63, 3.8) is 0 Å². The summed E-state index contributed by atoms with van der Waals surface area (Å²) in [5.74, 6) is -0.216. The number of Topliss-reactive ketones (excluding diaryl/α,β-unsaturated/α-hetero) is 1. The minimum Gasteiger partial charge on any atom is -0.380 e. The van der Waals surface area contributed by atoms with Crippen molar-refractivity contribution < 1.29 is 14.6 Å². The minimum atomic E-state index is -1.42. The summed E-state index contributed by atoms with van der Waals surface area (Å²) in [4.78, 5) is 12.0.